The van der Waals surface area contributed by atoms with Crippen LogP contribution in [0, 0.1) is 11.7 Å². The van der Waals surface area contributed by atoms with E-state index in [4.69, 9.17) is 0 Å². The fourth-order valence-electron chi connectivity index (χ4n) is 3.26. The van der Waals surface area contributed by atoms with Gasteiger partial charge in [0.05, 0.1) is 5.52 Å². The number of anilines is 1. The lowest BCUT2D eigenvalue weighted by molar-refractivity contribution is 0.0942. The Bertz CT molecular complexity index is 878. The van der Waals surface area contributed by atoms with Crippen LogP contribution in [0.4, 0.5) is 9.52 Å². The Balaban J connectivity index is 1.39. The third kappa shape index (κ3) is 3.34. The molecule has 2 aromatic heterocycles. The van der Waals surface area contributed by atoms with Crippen molar-refractivity contribution >= 4 is 33.3 Å². The number of aromatic amines is 1. The minimum Gasteiger partial charge on any atom is -0.350 e. The third-order valence-electron chi connectivity index (χ3n) is 4.50. The molecule has 1 aliphatic heterocycles. The van der Waals surface area contributed by atoms with E-state index in [1.165, 1.54) is 12.1 Å². The summed E-state index contributed by atoms with van der Waals surface area (Å²) in [6.45, 7) is 2.49. The Kier molecular flexibility index (Phi) is 4.35. The largest absolute Gasteiger partial charge is 0.350 e. The van der Waals surface area contributed by atoms with Gasteiger partial charge in [0.2, 0.25) is 0 Å². The first-order valence-electron chi connectivity index (χ1n) is 8.27. The summed E-state index contributed by atoms with van der Waals surface area (Å²) >= 11 is 1.64. The zero-order valence-electron chi connectivity index (χ0n) is 13.5. The molecule has 130 valence electrons. The van der Waals surface area contributed by atoms with Crippen molar-refractivity contribution in [3.63, 3.8) is 0 Å². The van der Waals surface area contributed by atoms with Crippen LogP contribution in [0.15, 0.2) is 29.8 Å². The summed E-state index contributed by atoms with van der Waals surface area (Å²) in [5.41, 5.74) is 0.834. The molecule has 1 fully saturated rings. The van der Waals surface area contributed by atoms with Gasteiger partial charge in [-0.1, -0.05) is 0 Å². The Morgan fingerprint density at radius 3 is 3.24 bits per heavy atom. The first-order valence-corrected chi connectivity index (χ1v) is 9.15. The molecule has 0 spiro atoms. The normalized spacial score (nSPS) is 17.8. The molecule has 3 aromatic rings. The number of hydrogen-bond acceptors (Lipinski definition) is 5. The maximum Gasteiger partial charge on any atom is 0.272 e. The first kappa shape index (κ1) is 16.0. The summed E-state index contributed by atoms with van der Waals surface area (Å²) in [6, 6.07) is 4.25. The molecule has 0 aliphatic carbocycles. The number of rotatable bonds is 4. The number of amides is 1. The molecule has 1 aromatic carbocycles. The van der Waals surface area contributed by atoms with E-state index < -0.39 is 0 Å². The fourth-order valence-corrected chi connectivity index (χ4v) is 3.94. The van der Waals surface area contributed by atoms with Crippen LogP contribution in [-0.4, -0.2) is 40.7 Å². The summed E-state index contributed by atoms with van der Waals surface area (Å²) in [5.74, 6) is -0.207. The topological polar surface area (TPSA) is 73.9 Å². The van der Waals surface area contributed by atoms with Gasteiger partial charge in [0.1, 0.15) is 5.82 Å². The van der Waals surface area contributed by atoms with Crippen LogP contribution >= 0.6 is 11.3 Å². The molecule has 2 N–H and O–H groups in total. The highest BCUT2D eigenvalue weighted by Gasteiger charge is 2.23. The number of benzene rings is 1. The molecule has 6 nitrogen and oxygen atoms in total. The van der Waals surface area contributed by atoms with Crippen molar-refractivity contribution in [1.29, 1.82) is 0 Å². The van der Waals surface area contributed by atoms with Crippen molar-refractivity contribution in [3.8, 4) is 0 Å². The van der Waals surface area contributed by atoms with Gasteiger partial charge in [-0.25, -0.2) is 9.37 Å². The average molecular weight is 359 g/mol. The Morgan fingerprint density at radius 1 is 1.48 bits per heavy atom. The molecule has 1 aliphatic rings. The minimum atomic E-state index is -0.354. The predicted octanol–water partition coefficient (Wildman–Crippen LogP) is 2.80. The van der Waals surface area contributed by atoms with Gasteiger partial charge in [-0.3, -0.25) is 9.89 Å². The van der Waals surface area contributed by atoms with Crippen LogP contribution in [0.2, 0.25) is 0 Å². The number of carbonyl (C=O) groups is 1. The Morgan fingerprint density at radius 2 is 2.40 bits per heavy atom. The van der Waals surface area contributed by atoms with Crippen LogP contribution in [0.5, 0.6) is 0 Å². The van der Waals surface area contributed by atoms with Crippen molar-refractivity contribution in [2.75, 3.05) is 24.5 Å². The molecular weight excluding hydrogens is 341 g/mol. The van der Waals surface area contributed by atoms with E-state index in [1.807, 2.05) is 11.6 Å². The lowest BCUT2D eigenvalue weighted by Gasteiger charge is -2.32. The fraction of sp³-hybridized carbons (Fsp3) is 0.353. The van der Waals surface area contributed by atoms with Crippen LogP contribution in [-0.2, 0) is 0 Å². The quantitative estimate of drug-likeness (QED) is 0.751. The number of aromatic nitrogens is 3. The maximum absolute atomic E-state index is 13.2. The summed E-state index contributed by atoms with van der Waals surface area (Å²) in [6.07, 6.45) is 3.98. The van der Waals surface area contributed by atoms with Crippen molar-refractivity contribution in [3.05, 3.63) is 41.3 Å². The number of carbonyl (C=O) groups excluding carboxylic acids is 1. The average Bonchev–Trinajstić information content (AvgIpc) is 3.29. The van der Waals surface area contributed by atoms with Crippen molar-refractivity contribution in [2.45, 2.75) is 12.8 Å². The molecule has 3 heterocycles. The SMILES string of the molecule is O=C(NCC1CCCN(c2nccs2)C1)c1n[nH]c2cc(F)ccc12. The molecule has 1 atom stereocenters. The smallest absolute Gasteiger partial charge is 0.272 e. The van der Waals surface area contributed by atoms with Gasteiger partial charge in [-0.15, -0.1) is 11.3 Å². The second kappa shape index (κ2) is 6.79. The zero-order valence-corrected chi connectivity index (χ0v) is 14.4. The highest BCUT2D eigenvalue weighted by atomic mass is 32.1. The lowest BCUT2D eigenvalue weighted by Crippen LogP contribution is -2.41. The molecule has 1 saturated heterocycles. The number of thiazole rings is 1. The number of halogens is 1. The molecule has 1 unspecified atom stereocenters. The minimum absolute atomic E-state index is 0.232. The molecule has 1 amide bonds. The molecule has 8 heteroatoms. The number of hydrogen-bond donors (Lipinski definition) is 2. The second-order valence-corrected chi connectivity index (χ2v) is 7.11. The van der Waals surface area contributed by atoms with Crippen molar-refractivity contribution in [2.24, 2.45) is 5.92 Å². The van der Waals surface area contributed by atoms with E-state index in [0.29, 0.717) is 29.1 Å². The number of fused-ring (bicyclic) bond motifs is 1. The van der Waals surface area contributed by atoms with Gasteiger partial charge in [0.15, 0.2) is 10.8 Å². The molecular formula is C17H18FN5OS. The Hall–Kier alpha value is -2.48. The summed E-state index contributed by atoms with van der Waals surface area (Å²) in [5, 5.41) is 13.4. The van der Waals surface area contributed by atoms with Gasteiger partial charge < -0.3 is 10.2 Å². The van der Waals surface area contributed by atoms with Crippen molar-refractivity contribution in [1.82, 2.24) is 20.5 Å². The van der Waals surface area contributed by atoms with E-state index in [-0.39, 0.29) is 11.7 Å². The van der Waals surface area contributed by atoms with Crippen molar-refractivity contribution < 1.29 is 9.18 Å². The number of nitrogens with zero attached hydrogens (tertiary/aromatic N) is 3. The van der Waals surface area contributed by atoms with E-state index in [1.54, 1.807) is 17.4 Å². The number of piperidine rings is 1. The lowest BCUT2D eigenvalue weighted by atomic mass is 9.98. The molecule has 25 heavy (non-hydrogen) atoms. The summed E-state index contributed by atoms with van der Waals surface area (Å²) in [4.78, 5) is 19.1. The van der Waals surface area contributed by atoms with Gasteiger partial charge >= 0.3 is 0 Å². The summed E-state index contributed by atoms with van der Waals surface area (Å²) in [7, 11) is 0. The van der Waals surface area contributed by atoms with Crippen LogP contribution < -0.4 is 10.2 Å². The van der Waals surface area contributed by atoms with Crippen LogP contribution in [0.25, 0.3) is 10.9 Å². The molecule has 4 rings (SSSR count). The van der Waals surface area contributed by atoms with Gasteiger partial charge in [0.25, 0.3) is 5.91 Å². The van der Waals surface area contributed by atoms with Crippen LogP contribution in [0.3, 0.4) is 0 Å². The van der Waals surface area contributed by atoms with Gasteiger partial charge in [-0.05, 0) is 37.0 Å². The number of nitrogens with one attached hydrogen (secondary N) is 2. The van der Waals surface area contributed by atoms with E-state index in [2.05, 4.69) is 25.4 Å². The van der Waals surface area contributed by atoms with E-state index in [0.717, 1.165) is 31.1 Å². The maximum atomic E-state index is 13.2. The first-order chi connectivity index (χ1) is 12.2. The molecule has 0 saturated carbocycles. The summed E-state index contributed by atoms with van der Waals surface area (Å²) < 4.78 is 13.2. The van der Waals surface area contributed by atoms with Crippen LogP contribution in [0.1, 0.15) is 23.3 Å². The zero-order chi connectivity index (χ0) is 17.2. The molecule has 0 radical (unpaired) electrons. The standard InChI is InChI=1S/C17H18FN5OS/c18-12-3-4-13-14(8-12)21-22-15(13)16(24)20-9-11-2-1-6-23(10-11)17-19-5-7-25-17/h3-5,7-8,11H,1-2,6,9-10H2,(H,20,24)(H,21,22). The Labute approximate surface area is 148 Å². The van der Waals surface area contributed by atoms with E-state index >= 15 is 0 Å². The third-order valence-corrected chi connectivity index (χ3v) is 5.33. The van der Waals surface area contributed by atoms with E-state index in [9.17, 15) is 9.18 Å². The highest BCUT2D eigenvalue weighted by Crippen LogP contribution is 2.24. The van der Waals surface area contributed by atoms with Gasteiger partial charge in [-0.2, -0.15) is 5.10 Å². The van der Waals surface area contributed by atoms with Gasteiger partial charge in [0, 0.05) is 36.6 Å². The molecule has 0 bridgehead atoms. The number of H-pyrrole nitrogens is 1. The predicted molar refractivity (Wildman–Crippen MR) is 95.4 cm³/mol. The monoisotopic (exact) mass is 359 g/mol. The second-order valence-electron chi connectivity index (χ2n) is 6.24. The highest BCUT2D eigenvalue weighted by molar-refractivity contribution is 7.13.